The lowest BCUT2D eigenvalue weighted by Crippen LogP contribution is -2.47. The first-order valence-corrected chi connectivity index (χ1v) is 15.3. The molecule has 0 N–H and O–H groups in total. The van der Waals surface area contributed by atoms with E-state index in [-0.39, 0.29) is 41.5 Å². The molecule has 0 aromatic heterocycles. The van der Waals surface area contributed by atoms with Gasteiger partial charge in [0.15, 0.2) is 0 Å². The minimum atomic E-state index is -0.745. The molecule has 1 fully saturated rings. The van der Waals surface area contributed by atoms with Crippen LogP contribution in [0.3, 0.4) is 0 Å². The predicted octanol–water partition coefficient (Wildman–Crippen LogP) is 7.87. The van der Waals surface area contributed by atoms with Gasteiger partial charge in [0.05, 0.1) is 12.5 Å². The molecule has 1 aromatic rings. The highest BCUT2D eigenvalue weighted by Crippen LogP contribution is 2.55. The topological polar surface area (TPSA) is 105 Å². The second kappa shape index (κ2) is 13.8. The molecule has 0 bridgehead atoms. The summed E-state index contributed by atoms with van der Waals surface area (Å²) in [5, 5.41) is 9.59. The third-order valence-corrected chi connectivity index (χ3v) is 8.90. The number of rotatable bonds is 15. The zero-order valence-electron chi connectivity index (χ0n) is 25.4. The maximum Gasteiger partial charge on any atom is 0.314 e. The normalized spacial score (nSPS) is 19.9. The van der Waals surface area contributed by atoms with Gasteiger partial charge in [0, 0.05) is 30.2 Å². The van der Waals surface area contributed by atoms with Gasteiger partial charge in [0.2, 0.25) is 0 Å². The number of hydrogen-bond acceptors (Lipinski definition) is 7. The Morgan fingerprint density at radius 3 is 2.48 bits per heavy atom. The minimum Gasteiger partial charge on any atom is -0.487 e. The highest BCUT2D eigenvalue weighted by molar-refractivity contribution is 5.81. The number of ketones is 1. The largest absolute Gasteiger partial charge is 0.487 e. The summed E-state index contributed by atoms with van der Waals surface area (Å²) in [6.45, 7) is 12.9. The van der Waals surface area contributed by atoms with Gasteiger partial charge in [0.25, 0.3) is 5.09 Å². The Morgan fingerprint density at radius 1 is 1.15 bits per heavy atom. The molecule has 8 heteroatoms. The average Bonchev–Trinajstić information content (AvgIpc) is 2.86. The van der Waals surface area contributed by atoms with E-state index in [9.17, 15) is 19.7 Å². The van der Waals surface area contributed by atoms with Gasteiger partial charge in [-0.2, -0.15) is 0 Å². The summed E-state index contributed by atoms with van der Waals surface area (Å²) in [4.78, 5) is 40.8. The van der Waals surface area contributed by atoms with E-state index in [4.69, 9.17) is 9.47 Å². The first-order chi connectivity index (χ1) is 18.9. The SMILES string of the molecule is CCCC(CCC)C(=O)Oc1cc(C(C)(C)CCCCCCO[N+](=O)[O-])cc2c1[C@@H]1CC(=O)CCC1C(C)(C)O2. The van der Waals surface area contributed by atoms with Gasteiger partial charge in [-0.3, -0.25) is 9.59 Å². The van der Waals surface area contributed by atoms with Gasteiger partial charge in [-0.05, 0) is 69.1 Å². The van der Waals surface area contributed by atoms with Crippen LogP contribution in [0.1, 0.15) is 136 Å². The second-order valence-corrected chi connectivity index (χ2v) is 12.9. The molecular weight excluding hydrogens is 510 g/mol. The van der Waals surface area contributed by atoms with Crippen LogP contribution < -0.4 is 9.47 Å². The van der Waals surface area contributed by atoms with Crippen molar-refractivity contribution in [3.8, 4) is 11.5 Å². The van der Waals surface area contributed by atoms with Crippen LogP contribution in [0, 0.1) is 22.0 Å². The molecule has 0 radical (unpaired) electrons. The Morgan fingerprint density at radius 2 is 1.82 bits per heavy atom. The molecule has 0 saturated heterocycles. The van der Waals surface area contributed by atoms with E-state index in [2.05, 4.69) is 52.4 Å². The quantitative estimate of drug-likeness (QED) is 0.0708. The molecule has 1 unspecified atom stereocenters. The van der Waals surface area contributed by atoms with Crippen molar-refractivity contribution in [3.63, 3.8) is 0 Å². The summed E-state index contributed by atoms with van der Waals surface area (Å²) >= 11 is 0. The van der Waals surface area contributed by atoms with E-state index in [1.165, 1.54) is 0 Å². The third kappa shape index (κ3) is 7.97. The Labute approximate surface area is 239 Å². The van der Waals surface area contributed by atoms with E-state index in [0.717, 1.165) is 74.7 Å². The van der Waals surface area contributed by atoms with Crippen molar-refractivity contribution in [1.82, 2.24) is 0 Å². The molecule has 2 atom stereocenters. The molecule has 40 heavy (non-hydrogen) atoms. The Bertz CT molecular complexity index is 1040. The van der Waals surface area contributed by atoms with Crippen molar-refractivity contribution >= 4 is 11.8 Å². The number of carbonyl (C=O) groups excluding carboxylic acids is 2. The van der Waals surface area contributed by atoms with Crippen LogP contribution in [0.25, 0.3) is 0 Å². The number of Topliss-reactive ketones (excluding diaryl/α,β-unsaturated/α-hetero) is 1. The number of esters is 1. The van der Waals surface area contributed by atoms with Gasteiger partial charge in [-0.1, -0.05) is 59.8 Å². The lowest BCUT2D eigenvalue weighted by molar-refractivity contribution is -0.757. The van der Waals surface area contributed by atoms with Gasteiger partial charge in [-0.15, -0.1) is 10.1 Å². The van der Waals surface area contributed by atoms with E-state index in [1.807, 2.05) is 6.07 Å². The van der Waals surface area contributed by atoms with Crippen LogP contribution in [0.4, 0.5) is 0 Å². The smallest absolute Gasteiger partial charge is 0.314 e. The maximum absolute atomic E-state index is 13.4. The third-order valence-electron chi connectivity index (χ3n) is 8.90. The van der Waals surface area contributed by atoms with Crippen molar-refractivity contribution in [3.05, 3.63) is 33.4 Å². The van der Waals surface area contributed by atoms with E-state index in [0.29, 0.717) is 25.0 Å². The lowest BCUT2D eigenvalue weighted by Gasteiger charge is -2.47. The molecule has 2 aliphatic rings. The highest BCUT2D eigenvalue weighted by atomic mass is 16.9. The summed E-state index contributed by atoms with van der Waals surface area (Å²) in [5.41, 5.74) is 1.28. The molecule has 1 heterocycles. The van der Waals surface area contributed by atoms with Crippen LogP contribution in [0.15, 0.2) is 12.1 Å². The first kappa shape index (κ1) is 31.9. The fourth-order valence-corrected chi connectivity index (χ4v) is 6.60. The van der Waals surface area contributed by atoms with Crippen molar-refractivity contribution < 1.29 is 29.0 Å². The molecule has 1 saturated carbocycles. The van der Waals surface area contributed by atoms with Crippen LogP contribution in [-0.4, -0.2) is 29.0 Å². The van der Waals surface area contributed by atoms with Crippen LogP contribution in [0.5, 0.6) is 11.5 Å². The molecule has 224 valence electrons. The average molecular weight is 560 g/mol. The molecule has 1 aromatic carbocycles. The van der Waals surface area contributed by atoms with Crippen molar-refractivity contribution in [2.24, 2.45) is 11.8 Å². The first-order valence-electron chi connectivity index (χ1n) is 15.3. The highest BCUT2D eigenvalue weighted by Gasteiger charge is 2.48. The Balaban J connectivity index is 1.91. The van der Waals surface area contributed by atoms with Crippen molar-refractivity contribution in [1.29, 1.82) is 0 Å². The number of fused-ring (bicyclic) bond motifs is 3. The monoisotopic (exact) mass is 559 g/mol. The molecule has 1 aliphatic carbocycles. The Hall–Kier alpha value is -2.64. The fourth-order valence-electron chi connectivity index (χ4n) is 6.60. The number of hydrogen-bond donors (Lipinski definition) is 0. The summed E-state index contributed by atoms with van der Waals surface area (Å²) in [7, 11) is 0. The fraction of sp³-hybridized carbons (Fsp3) is 0.750. The zero-order chi connectivity index (χ0) is 29.5. The summed E-state index contributed by atoms with van der Waals surface area (Å²) in [6.07, 6.45) is 9.53. The molecule has 1 aliphatic heterocycles. The number of nitrogens with zero attached hydrogens (tertiary/aromatic N) is 1. The number of carbonyl (C=O) groups is 2. The van der Waals surface area contributed by atoms with Crippen LogP contribution in [-0.2, 0) is 19.8 Å². The molecular formula is C32H49NO7. The molecule has 8 nitrogen and oxygen atoms in total. The van der Waals surface area contributed by atoms with E-state index >= 15 is 0 Å². The van der Waals surface area contributed by atoms with Gasteiger partial charge < -0.3 is 14.3 Å². The molecule has 3 rings (SSSR count). The molecule has 0 spiro atoms. The zero-order valence-corrected chi connectivity index (χ0v) is 25.4. The summed E-state index contributed by atoms with van der Waals surface area (Å²) in [6, 6.07) is 4.12. The second-order valence-electron chi connectivity index (χ2n) is 12.9. The lowest BCUT2D eigenvalue weighted by atomic mass is 9.66. The van der Waals surface area contributed by atoms with Gasteiger partial charge >= 0.3 is 5.97 Å². The van der Waals surface area contributed by atoms with Gasteiger partial charge in [0.1, 0.15) is 22.9 Å². The van der Waals surface area contributed by atoms with Crippen molar-refractivity contribution in [2.75, 3.05) is 6.61 Å². The minimum absolute atomic E-state index is 0.0304. The van der Waals surface area contributed by atoms with Crippen molar-refractivity contribution in [2.45, 2.75) is 136 Å². The number of unbranched alkanes of at least 4 members (excludes halogenated alkanes) is 3. The summed E-state index contributed by atoms with van der Waals surface area (Å²) < 4.78 is 12.9. The number of benzene rings is 1. The summed E-state index contributed by atoms with van der Waals surface area (Å²) in [5.74, 6) is 1.35. The maximum atomic E-state index is 13.4. The van der Waals surface area contributed by atoms with Gasteiger partial charge in [-0.25, -0.2) is 0 Å². The number of ether oxygens (including phenoxy) is 2. The van der Waals surface area contributed by atoms with Crippen LogP contribution in [0.2, 0.25) is 0 Å². The standard InChI is InChI=1S/C32H49NO7/c1-7-13-22(14-8-2)30(35)39-27-19-23(31(3,4)17-11-9-10-12-18-38-33(36)37)20-28-29(27)25-21-24(34)15-16-26(25)32(5,6)40-28/h19-20,22,25-26H,7-18,21H2,1-6H3/t25-,26?/m1/s1. The van der Waals surface area contributed by atoms with E-state index in [1.54, 1.807) is 0 Å². The van der Waals surface area contributed by atoms with Crippen LogP contribution >= 0.6 is 0 Å². The Kier molecular flexibility index (Phi) is 11.0. The molecule has 0 amide bonds. The predicted molar refractivity (Wildman–Crippen MR) is 154 cm³/mol. The van der Waals surface area contributed by atoms with E-state index < -0.39 is 10.7 Å².